The molecule has 1 heterocycles. The molecule has 0 spiro atoms. The zero-order chi connectivity index (χ0) is 10.6. The molecule has 0 aliphatic carbocycles. The zero-order valence-corrected chi connectivity index (χ0v) is 8.66. The lowest BCUT2D eigenvalue weighted by atomic mass is 10.3. The molecule has 78 valence electrons. The molecule has 0 saturated carbocycles. The highest BCUT2D eigenvalue weighted by atomic mass is 16.1. The number of aryl methyl sites for hydroxylation is 1. The van der Waals surface area contributed by atoms with Crippen molar-refractivity contribution in [1.29, 1.82) is 0 Å². The first-order chi connectivity index (χ1) is 6.65. The molecule has 0 saturated heterocycles. The zero-order valence-electron chi connectivity index (χ0n) is 8.66. The third-order valence-corrected chi connectivity index (χ3v) is 1.99. The number of hydrogen-bond acceptors (Lipinski definition) is 2. The third kappa shape index (κ3) is 2.60. The average molecular weight is 195 g/mol. The molecule has 0 fully saturated rings. The summed E-state index contributed by atoms with van der Waals surface area (Å²) in [6.45, 7) is 5.17. The van der Waals surface area contributed by atoms with Crippen molar-refractivity contribution in [2.75, 3.05) is 6.54 Å². The second-order valence-electron chi connectivity index (χ2n) is 3.37. The Kier molecular flexibility index (Phi) is 3.71. The minimum Gasteiger partial charge on any atom is -0.349 e. The molecule has 3 N–H and O–H groups in total. The van der Waals surface area contributed by atoms with Gasteiger partial charge in [0, 0.05) is 25.3 Å². The number of carbonyl (C=O) groups is 1. The second kappa shape index (κ2) is 4.81. The molecule has 14 heavy (non-hydrogen) atoms. The Balaban J connectivity index is 2.60. The maximum atomic E-state index is 11.6. The number of rotatable bonds is 4. The van der Waals surface area contributed by atoms with Crippen LogP contribution in [0.1, 0.15) is 24.3 Å². The smallest absolute Gasteiger partial charge is 0.267 e. The Morgan fingerprint density at radius 2 is 2.43 bits per heavy atom. The SMILES string of the molecule is CCn1cccc1C(=O)NCC(C)N. The van der Waals surface area contributed by atoms with Gasteiger partial charge in [-0.25, -0.2) is 0 Å². The van der Waals surface area contributed by atoms with Crippen LogP contribution in [0, 0.1) is 0 Å². The van der Waals surface area contributed by atoms with Crippen LogP contribution in [0.2, 0.25) is 0 Å². The van der Waals surface area contributed by atoms with Crippen molar-refractivity contribution in [3.05, 3.63) is 24.0 Å². The summed E-state index contributed by atoms with van der Waals surface area (Å²) in [7, 11) is 0. The third-order valence-electron chi connectivity index (χ3n) is 1.99. The minimum atomic E-state index is -0.0610. The maximum absolute atomic E-state index is 11.6. The van der Waals surface area contributed by atoms with Crippen LogP contribution in [0.25, 0.3) is 0 Å². The largest absolute Gasteiger partial charge is 0.349 e. The van der Waals surface area contributed by atoms with Gasteiger partial charge in [0.25, 0.3) is 5.91 Å². The van der Waals surface area contributed by atoms with Crippen LogP contribution in [0.4, 0.5) is 0 Å². The molecular weight excluding hydrogens is 178 g/mol. The lowest BCUT2D eigenvalue weighted by molar-refractivity contribution is 0.0942. The van der Waals surface area contributed by atoms with Gasteiger partial charge in [0.2, 0.25) is 0 Å². The Hall–Kier alpha value is -1.29. The number of hydrogen-bond donors (Lipinski definition) is 2. The highest BCUT2D eigenvalue weighted by Gasteiger charge is 2.09. The molecule has 1 rings (SSSR count). The van der Waals surface area contributed by atoms with E-state index in [1.54, 1.807) is 6.07 Å². The molecule has 1 aromatic heterocycles. The van der Waals surface area contributed by atoms with Crippen molar-refractivity contribution in [3.63, 3.8) is 0 Å². The Labute approximate surface area is 84.1 Å². The van der Waals surface area contributed by atoms with Crippen LogP contribution in [0.5, 0.6) is 0 Å². The highest BCUT2D eigenvalue weighted by molar-refractivity contribution is 5.92. The van der Waals surface area contributed by atoms with E-state index in [9.17, 15) is 4.79 Å². The van der Waals surface area contributed by atoms with Crippen molar-refractivity contribution in [2.45, 2.75) is 26.4 Å². The first-order valence-electron chi connectivity index (χ1n) is 4.84. The van der Waals surface area contributed by atoms with Gasteiger partial charge < -0.3 is 15.6 Å². The van der Waals surface area contributed by atoms with Crippen LogP contribution in [0.3, 0.4) is 0 Å². The van der Waals surface area contributed by atoms with E-state index in [1.165, 1.54) is 0 Å². The number of nitrogens with one attached hydrogen (secondary N) is 1. The molecule has 4 heteroatoms. The number of aromatic nitrogens is 1. The van der Waals surface area contributed by atoms with Crippen molar-refractivity contribution in [2.24, 2.45) is 5.73 Å². The fourth-order valence-electron chi connectivity index (χ4n) is 1.24. The van der Waals surface area contributed by atoms with Crippen molar-refractivity contribution in [3.8, 4) is 0 Å². The Morgan fingerprint density at radius 3 is 3.00 bits per heavy atom. The fraction of sp³-hybridized carbons (Fsp3) is 0.500. The highest BCUT2D eigenvalue weighted by Crippen LogP contribution is 2.01. The summed E-state index contributed by atoms with van der Waals surface area (Å²) in [5, 5.41) is 2.77. The number of carbonyl (C=O) groups excluding carboxylic acids is 1. The Morgan fingerprint density at radius 1 is 1.71 bits per heavy atom. The first kappa shape index (κ1) is 10.8. The maximum Gasteiger partial charge on any atom is 0.267 e. The van der Waals surface area contributed by atoms with Gasteiger partial charge in [-0.2, -0.15) is 0 Å². The molecule has 4 nitrogen and oxygen atoms in total. The lowest BCUT2D eigenvalue weighted by Crippen LogP contribution is -2.35. The van der Waals surface area contributed by atoms with Gasteiger partial charge in [0.1, 0.15) is 5.69 Å². The Bertz CT molecular complexity index is 304. The minimum absolute atomic E-state index is 0.0102. The molecule has 1 amide bonds. The van der Waals surface area contributed by atoms with Gasteiger partial charge in [0.05, 0.1) is 0 Å². The van der Waals surface area contributed by atoms with Crippen LogP contribution >= 0.6 is 0 Å². The van der Waals surface area contributed by atoms with Gasteiger partial charge in [-0.3, -0.25) is 4.79 Å². The number of nitrogens with zero attached hydrogens (tertiary/aromatic N) is 1. The number of nitrogens with two attached hydrogens (primary N) is 1. The first-order valence-corrected chi connectivity index (χ1v) is 4.84. The normalized spacial score (nSPS) is 12.5. The molecule has 1 aromatic rings. The summed E-state index contributed by atoms with van der Waals surface area (Å²) in [5.74, 6) is -0.0610. The summed E-state index contributed by atoms with van der Waals surface area (Å²) in [6.07, 6.45) is 1.89. The standard InChI is InChI=1S/C10H17N3O/c1-3-13-6-4-5-9(13)10(14)12-7-8(2)11/h4-6,8H,3,7,11H2,1-2H3,(H,12,14). The van der Waals surface area contributed by atoms with Crippen LogP contribution in [-0.4, -0.2) is 23.1 Å². The molecule has 1 atom stereocenters. The molecule has 1 unspecified atom stereocenters. The van der Waals surface area contributed by atoms with E-state index >= 15 is 0 Å². The molecule has 0 aliphatic rings. The molecule has 0 bridgehead atoms. The predicted octanol–water partition coefficient (Wildman–Crippen LogP) is 0.585. The van der Waals surface area contributed by atoms with Crippen molar-refractivity contribution >= 4 is 5.91 Å². The predicted molar refractivity (Wildman–Crippen MR) is 56.1 cm³/mol. The van der Waals surface area contributed by atoms with Gasteiger partial charge in [-0.1, -0.05) is 0 Å². The molecular formula is C10H17N3O. The molecule has 0 aromatic carbocycles. The second-order valence-corrected chi connectivity index (χ2v) is 3.37. The quantitative estimate of drug-likeness (QED) is 0.738. The molecule has 0 radical (unpaired) electrons. The average Bonchev–Trinajstić information content (AvgIpc) is 2.61. The van der Waals surface area contributed by atoms with Crippen LogP contribution in [0.15, 0.2) is 18.3 Å². The van der Waals surface area contributed by atoms with Gasteiger partial charge >= 0.3 is 0 Å². The summed E-state index contributed by atoms with van der Waals surface area (Å²) >= 11 is 0. The van der Waals surface area contributed by atoms with Gasteiger partial charge in [-0.15, -0.1) is 0 Å². The number of amides is 1. The van der Waals surface area contributed by atoms with Gasteiger partial charge in [0.15, 0.2) is 0 Å². The van der Waals surface area contributed by atoms with E-state index in [2.05, 4.69) is 5.32 Å². The summed E-state index contributed by atoms with van der Waals surface area (Å²) in [5.41, 5.74) is 6.23. The van der Waals surface area contributed by atoms with E-state index in [0.29, 0.717) is 12.2 Å². The van der Waals surface area contributed by atoms with E-state index in [0.717, 1.165) is 6.54 Å². The van der Waals surface area contributed by atoms with Crippen LogP contribution < -0.4 is 11.1 Å². The molecule has 0 aliphatic heterocycles. The topological polar surface area (TPSA) is 60.0 Å². The fourth-order valence-corrected chi connectivity index (χ4v) is 1.24. The van der Waals surface area contributed by atoms with Crippen LogP contribution in [-0.2, 0) is 6.54 Å². The van der Waals surface area contributed by atoms with Crippen molar-refractivity contribution in [1.82, 2.24) is 9.88 Å². The van der Waals surface area contributed by atoms with E-state index in [1.807, 2.05) is 30.7 Å². The van der Waals surface area contributed by atoms with E-state index in [-0.39, 0.29) is 11.9 Å². The lowest BCUT2D eigenvalue weighted by Gasteiger charge is -2.09. The summed E-state index contributed by atoms with van der Waals surface area (Å²) in [6, 6.07) is 3.66. The summed E-state index contributed by atoms with van der Waals surface area (Å²) < 4.78 is 1.90. The van der Waals surface area contributed by atoms with E-state index in [4.69, 9.17) is 5.73 Å². The van der Waals surface area contributed by atoms with E-state index < -0.39 is 0 Å². The summed E-state index contributed by atoms with van der Waals surface area (Å²) in [4.78, 5) is 11.6. The monoisotopic (exact) mass is 195 g/mol. The van der Waals surface area contributed by atoms with Gasteiger partial charge in [-0.05, 0) is 26.0 Å². The van der Waals surface area contributed by atoms with Crippen molar-refractivity contribution < 1.29 is 4.79 Å².